The molecule has 42 heavy (non-hydrogen) atoms. The minimum Gasteiger partial charge on any atom is -0.462 e. The van der Waals surface area contributed by atoms with Gasteiger partial charge in [-0.3, -0.25) is 4.79 Å². The molecule has 2 aliphatic heterocycles. The molecule has 4 saturated carbocycles. The average molecular weight is 586 g/mol. The van der Waals surface area contributed by atoms with E-state index in [1.54, 1.807) is 6.08 Å². The molecule has 9 atom stereocenters. The van der Waals surface area contributed by atoms with Crippen LogP contribution in [0.3, 0.4) is 0 Å². The SMILES string of the molecule is CC(=O)O[C@H]1C[C@]2(O)[C@@H]3CC[C@@H]4C[C@@H](N(C)C(=O)NCCN5CCCC5)CC[C@]4(C)[C@H]3CC[C@]2(C)[C@H]1C1=CC(=O)OC1. The molecule has 0 radical (unpaired) electrons. The maximum absolute atomic E-state index is 13.0. The number of aliphatic hydroxyl groups is 1. The molecule has 6 rings (SSSR count). The van der Waals surface area contributed by atoms with Crippen LogP contribution in [0.2, 0.25) is 0 Å². The summed E-state index contributed by atoms with van der Waals surface area (Å²) in [4.78, 5) is 41.6. The molecule has 0 bridgehead atoms. The van der Waals surface area contributed by atoms with E-state index in [2.05, 4.69) is 24.1 Å². The Bertz CT molecular complexity index is 1120. The number of rotatable bonds is 6. The summed E-state index contributed by atoms with van der Waals surface area (Å²) < 4.78 is 11.2. The van der Waals surface area contributed by atoms with E-state index < -0.39 is 17.1 Å². The van der Waals surface area contributed by atoms with Crippen molar-refractivity contribution in [3.63, 3.8) is 0 Å². The summed E-state index contributed by atoms with van der Waals surface area (Å²) >= 11 is 0. The molecule has 5 fully saturated rings. The molecule has 234 valence electrons. The van der Waals surface area contributed by atoms with Gasteiger partial charge in [0.05, 0.1) is 5.60 Å². The minimum atomic E-state index is -0.982. The van der Waals surface area contributed by atoms with Crippen LogP contribution in [-0.2, 0) is 19.1 Å². The van der Waals surface area contributed by atoms with Crippen molar-refractivity contribution >= 4 is 18.0 Å². The fourth-order valence-corrected chi connectivity index (χ4v) is 10.7. The molecule has 2 amide bonds. The number of fused-ring (bicyclic) bond motifs is 5. The molecular formula is C33H51N3O6. The van der Waals surface area contributed by atoms with Gasteiger partial charge >= 0.3 is 18.0 Å². The molecule has 1 saturated heterocycles. The number of likely N-dealkylation sites (tertiary alicyclic amines) is 1. The van der Waals surface area contributed by atoms with Gasteiger partial charge in [0, 0.05) is 56.9 Å². The highest BCUT2D eigenvalue weighted by Crippen LogP contribution is 2.70. The average Bonchev–Trinajstić information content (AvgIpc) is 3.66. The molecule has 0 spiro atoms. The molecule has 2 heterocycles. The lowest BCUT2D eigenvalue weighted by atomic mass is 9.43. The monoisotopic (exact) mass is 585 g/mol. The summed E-state index contributed by atoms with van der Waals surface area (Å²) in [5.41, 5.74) is -0.527. The van der Waals surface area contributed by atoms with Gasteiger partial charge in [-0.05, 0) is 99.6 Å². The highest BCUT2D eigenvalue weighted by atomic mass is 16.5. The van der Waals surface area contributed by atoms with Gasteiger partial charge in [-0.25, -0.2) is 9.59 Å². The van der Waals surface area contributed by atoms with Crippen molar-refractivity contribution in [2.24, 2.45) is 34.5 Å². The van der Waals surface area contributed by atoms with Gasteiger partial charge in [-0.1, -0.05) is 13.8 Å². The van der Waals surface area contributed by atoms with E-state index in [0.717, 1.165) is 70.2 Å². The standard InChI is InChI=1S/C33H51N3O6/c1-21(37)42-27-19-33(40)26-8-7-23-18-24(35(4)30(39)34-13-16-36-14-5-6-15-36)9-11-31(23,2)25(26)10-12-32(33,3)29(27)22-17-28(38)41-20-22/h17,23-27,29,40H,5-16,18-20H2,1-4H3,(H,34,39)/t23-,24+,25+,26-,27+,29+,31+,32-,33+/m1/s1. The van der Waals surface area contributed by atoms with E-state index in [1.807, 2.05) is 11.9 Å². The van der Waals surface area contributed by atoms with E-state index in [-0.39, 0.29) is 47.9 Å². The highest BCUT2D eigenvalue weighted by Gasteiger charge is 2.71. The summed E-state index contributed by atoms with van der Waals surface area (Å²) in [6.45, 7) is 10.1. The number of urea groups is 1. The van der Waals surface area contributed by atoms with Gasteiger partial charge in [-0.2, -0.15) is 0 Å². The first-order valence-corrected chi connectivity index (χ1v) is 16.5. The van der Waals surface area contributed by atoms with Crippen LogP contribution in [-0.4, -0.2) is 90.5 Å². The zero-order chi connectivity index (χ0) is 29.9. The highest BCUT2D eigenvalue weighted by molar-refractivity contribution is 5.85. The lowest BCUT2D eigenvalue weighted by Gasteiger charge is -2.64. The van der Waals surface area contributed by atoms with Crippen LogP contribution in [0.25, 0.3) is 0 Å². The molecule has 0 aromatic carbocycles. The second kappa shape index (κ2) is 11.1. The molecule has 0 unspecified atom stereocenters. The van der Waals surface area contributed by atoms with Crippen LogP contribution in [0.4, 0.5) is 4.79 Å². The number of esters is 2. The van der Waals surface area contributed by atoms with Gasteiger partial charge in [0.2, 0.25) is 0 Å². The Morgan fingerprint density at radius 3 is 2.60 bits per heavy atom. The number of carbonyl (C=O) groups excluding carboxylic acids is 3. The Hall–Kier alpha value is -2.13. The fourth-order valence-electron chi connectivity index (χ4n) is 10.7. The van der Waals surface area contributed by atoms with Gasteiger partial charge in [0.1, 0.15) is 12.7 Å². The summed E-state index contributed by atoms with van der Waals surface area (Å²) in [6, 6.07) is 0.274. The Morgan fingerprint density at radius 2 is 1.90 bits per heavy atom. The van der Waals surface area contributed by atoms with Gasteiger partial charge < -0.3 is 29.7 Å². The van der Waals surface area contributed by atoms with Crippen molar-refractivity contribution in [2.75, 3.05) is 39.8 Å². The summed E-state index contributed by atoms with van der Waals surface area (Å²) in [5, 5.41) is 15.9. The maximum atomic E-state index is 13.0. The molecule has 9 nitrogen and oxygen atoms in total. The first-order valence-electron chi connectivity index (χ1n) is 16.5. The third kappa shape index (κ3) is 4.86. The number of cyclic esters (lactones) is 1. The van der Waals surface area contributed by atoms with E-state index in [1.165, 1.54) is 19.8 Å². The van der Waals surface area contributed by atoms with E-state index in [0.29, 0.717) is 24.8 Å². The molecular weight excluding hydrogens is 534 g/mol. The third-order valence-corrected chi connectivity index (χ3v) is 13.0. The van der Waals surface area contributed by atoms with E-state index >= 15 is 0 Å². The summed E-state index contributed by atoms with van der Waals surface area (Å²) in [7, 11) is 1.96. The first-order chi connectivity index (χ1) is 20.0. The van der Waals surface area contributed by atoms with Crippen LogP contribution in [0.5, 0.6) is 0 Å². The first kappa shape index (κ1) is 29.9. The smallest absolute Gasteiger partial charge is 0.331 e. The van der Waals surface area contributed by atoms with Crippen molar-refractivity contribution in [3.8, 4) is 0 Å². The number of hydrogen-bond donors (Lipinski definition) is 2. The normalized spacial score (nSPS) is 43.1. The van der Waals surface area contributed by atoms with Crippen LogP contribution in [0, 0.1) is 34.5 Å². The Morgan fingerprint density at radius 1 is 1.14 bits per heavy atom. The van der Waals surface area contributed by atoms with Crippen molar-refractivity contribution in [1.29, 1.82) is 0 Å². The Labute approximate surface area is 250 Å². The van der Waals surface area contributed by atoms with Crippen molar-refractivity contribution < 1.29 is 29.0 Å². The third-order valence-electron chi connectivity index (χ3n) is 13.0. The van der Waals surface area contributed by atoms with Crippen molar-refractivity contribution in [2.45, 2.75) is 103 Å². The van der Waals surface area contributed by atoms with Gasteiger partial charge in [0.15, 0.2) is 0 Å². The quantitative estimate of drug-likeness (QED) is 0.456. The van der Waals surface area contributed by atoms with Crippen molar-refractivity contribution in [3.05, 3.63) is 11.6 Å². The lowest BCUT2D eigenvalue weighted by Crippen LogP contribution is -2.63. The molecule has 0 aromatic rings. The summed E-state index contributed by atoms with van der Waals surface area (Å²) in [6.07, 6.45) is 10.9. The predicted octanol–water partition coefficient (Wildman–Crippen LogP) is 3.89. The predicted molar refractivity (Wildman–Crippen MR) is 157 cm³/mol. The van der Waals surface area contributed by atoms with Gasteiger partial charge in [-0.15, -0.1) is 0 Å². The number of nitrogens with zero attached hydrogens (tertiary/aromatic N) is 2. The largest absolute Gasteiger partial charge is 0.462 e. The van der Waals surface area contributed by atoms with Crippen molar-refractivity contribution in [1.82, 2.24) is 15.1 Å². The zero-order valence-corrected chi connectivity index (χ0v) is 26.0. The van der Waals surface area contributed by atoms with E-state index in [9.17, 15) is 19.5 Å². The molecule has 2 N–H and O–H groups in total. The Balaban J connectivity index is 1.15. The second-order valence-corrected chi connectivity index (χ2v) is 14.8. The maximum Gasteiger partial charge on any atom is 0.331 e. The number of ether oxygens (including phenoxy) is 2. The van der Waals surface area contributed by atoms with Crippen LogP contribution < -0.4 is 5.32 Å². The zero-order valence-electron chi connectivity index (χ0n) is 26.0. The van der Waals surface area contributed by atoms with E-state index in [4.69, 9.17) is 9.47 Å². The topological polar surface area (TPSA) is 108 Å². The van der Waals surface area contributed by atoms with Gasteiger partial charge in [0.25, 0.3) is 0 Å². The minimum absolute atomic E-state index is 0.0384. The number of nitrogens with one attached hydrogen (secondary N) is 1. The second-order valence-electron chi connectivity index (χ2n) is 14.8. The number of amides is 2. The number of hydrogen-bond acceptors (Lipinski definition) is 7. The fraction of sp³-hybridized carbons (Fsp3) is 0.848. The lowest BCUT2D eigenvalue weighted by molar-refractivity contribution is -0.206. The van der Waals surface area contributed by atoms with Crippen LogP contribution >= 0.6 is 0 Å². The molecule has 6 aliphatic rings. The number of carbonyl (C=O) groups is 3. The van der Waals surface area contributed by atoms with Crippen LogP contribution in [0.15, 0.2) is 11.6 Å². The molecule has 4 aliphatic carbocycles. The Kier molecular flexibility index (Phi) is 7.91. The molecule has 9 heteroatoms. The summed E-state index contributed by atoms with van der Waals surface area (Å²) in [5.74, 6) is 0.0724. The molecule has 0 aromatic heterocycles. The van der Waals surface area contributed by atoms with Crippen LogP contribution in [0.1, 0.15) is 85.0 Å².